The Morgan fingerprint density at radius 3 is 2.63 bits per heavy atom. The number of hydrogen-bond donors (Lipinski definition) is 2. The minimum atomic E-state index is 0. The van der Waals surface area contributed by atoms with E-state index >= 15 is 0 Å². The predicted molar refractivity (Wildman–Crippen MR) is 131 cm³/mol. The molecule has 1 saturated heterocycles. The first kappa shape index (κ1) is 25.4. The van der Waals surface area contributed by atoms with Gasteiger partial charge in [0.05, 0.1) is 26.1 Å². The molecule has 0 spiro atoms. The third-order valence-electron chi connectivity index (χ3n) is 5.99. The number of nitrogens with one attached hydrogen (secondary N) is 2. The summed E-state index contributed by atoms with van der Waals surface area (Å²) in [5.41, 5.74) is 0.284. The van der Waals surface area contributed by atoms with Gasteiger partial charge in [-0.25, -0.2) is 0 Å². The minimum absolute atomic E-state index is 0. The fraction of sp³-hybridized carbons (Fsp3) is 0.773. The molecule has 2 fully saturated rings. The van der Waals surface area contributed by atoms with E-state index in [4.69, 9.17) is 18.9 Å². The highest BCUT2D eigenvalue weighted by atomic mass is 127. The number of nitrogens with zero attached hydrogens (tertiary/aromatic N) is 2. The average molecular weight is 534 g/mol. The quantitative estimate of drug-likeness (QED) is 0.208. The molecule has 7 nitrogen and oxygen atoms in total. The SMILES string of the molecule is COCCNC(=NCC1(CN2CCOCC2)CCCCC1)NCCc1ccco1.I. The fourth-order valence-corrected chi connectivity index (χ4v) is 4.35. The highest BCUT2D eigenvalue weighted by Crippen LogP contribution is 2.37. The van der Waals surface area contributed by atoms with Crippen LogP contribution in [-0.4, -0.2) is 77.1 Å². The maximum Gasteiger partial charge on any atom is 0.191 e. The lowest BCUT2D eigenvalue weighted by Crippen LogP contribution is -2.47. The number of halogens is 1. The second-order valence-electron chi connectivity index (χ2n) is 8.29. The summed E-state index contributed by atoms with van der Waals surface area (Å²) >= 11 is 0. The van der Waals surface area contributed by atoms with E-state index in [0.717, 1.165) is 70.6 Å². The molecule has 1 saturated carbocycles. The van der Waals surface area contributed by atoms with Crippen molar-refractivity contribution in [2.45, 2.75) is 38.5 Å². The molecule has 0 bridgehead atoms. The van der Waals surface area contributed by atoms with Crippen LogP contribution in [0.3, 0.4) is 0 Å². The maximum atomic E-state index is 5.54. The number of morpholine rings is 1. The molecule has 3 rings (SSSR count). The lowest BCUT2D eigenvalue weighted by molar-refractivity contribution is 0.00937. The van der Waals surface area contributed by atoms with Gasteiger partial charge < -0.3 is 24.5 Å². The molecule has 1 aliphatic heterocycles. The van der Waals surface area contributed by atoms with Gasteiger partial charge >= 0.3 is 0 Å². The van der Waals surface area contributed by atoms with Crippen molar-refractivity contribution in [2.24, 2.45) is 10.4 Å². The molecule has 172 valence electrons. The van der Waals surface area contributed by atoms with Gasteiger partial charge in [-0.1, -0.05) is 19.3 Å². The zero-order valence-corrected chi connectivity index (χ0v) is 20.7. The van der Waals surface area contributed by atoms with E-state index in [1.165, 1.54) is 32.1 Å². The van der Waals surface area contributed by atoms with E-state index in [0.29, 0.717) is 6.61 Å². The van der Waals surface area contributed by atoms with Crippen molar-refractivity contribution >= 4 is 29.9 Å². The molecule has 2 heterocycles. The monoisotopic (exact) mass is 534 g/mol. The number of furan rings is 1. The maximum absolute atomic E-state index is 5.54. The molecule has 1 aromatic rings. The number of ether oxygens (including phenoxy) is 2. The van der Waals surface area contributed by atoms with Gasteiger partial charge in [0.25, 0.3) is 0 Å². The van der Waals surface area contributed by atoms with Gasteiger partial charge in [0.2, 0.25) is 0 Å². The first-order chi connectivity index (χ1) is 14.3. The summed E-state index contributed by atoms with van der Waals surface area (Å²) in [5, 5.41) is 6.88. The lowest BCUT2D eigenvalue weighted by Gasteiger charge is -2.41. The highest BCUT2D eigenvalue weighted by Gasteiger charge is 2.34. The lowest BCUT2D eigenvalue weighted by atomic mass is 9.73. The molecule has 8 heteroatoms. The summed E-state index contributed by atoms with van der Waals surface area (Å²) in [7, 11) is 1.72. The Hall–Kier alpha value is -0.840. The van der Waals surface area contributed by atoms with Crippen molar-refractivity contribution in [3.05, 3.63) is 24.2 Å². The Morgan fingerprint density at radius 1 is 1.17 bits per heavy atom. The zero-order valence-electron chi connectivity index (χ0n) is 18.4. The van der Waals surface area contributed by atoms with Crippen LogP contribution in [0.5, 0.6) is 0 Å². The molecule has 0 atom stereocenters. The van der Waals surface area contributed by atoms with E-state index in [1.54, 1.807) is 13.4 Å². The molecule has 0 aromatic carbocycles. The summed E-state index contributed by atoms with van der Waals surface area (Å²) in [6.07, 6.45) is 9.10. The van der Waals surface area contributed by atoms with Crippen LogP contribution in [-0.2, 0) is 15.9 Å². The van der Waals surface area contributed by atoms with E-state index in [-0.39, 0.29) is 29.4 Å². The number of guanidine groups is 1. The second kappa shape index (κ2) is 14.3. The number of methoxy groups -OCH3 is 1. The Balaban J connectivity index is 0.00000320. The molecular weight excluding hydrogens is 495 g/mol. The van der Waals surface area contributed by atoms with Crippen LogP contribution in [0.4, 0.5) is 0 Å². The van der Waals surface area contributed by atoms with Crippen LogP contribution in [0.2, 0.25) is 0 Å². The Morgan fingerprint density at radius 2 is 1.93 bits per heavy atom. The number of hydrogen-bond acceptors (Lipinski definition) is 5. The van der Waals surface area contributed by atoms with E-state index in [1.807, 2.05) is 12.1 Å². The molecule has 1 aliphatic carbocycles. The van der Waals surface area contributed by atoms with Gasteiger partial charge in [-0.3, -0.25) is 9.89 Å². The summed E-state index contributed by atoms with van der Waals surface area (Å²) in [6.45, 7) is 8.03. The van der Waals surface area contributed by atoms with Crippen LogP contribution in [0.1, 0.15) is 37.9 Å². The van der Waals surface area contributed by atoms with Crippen molar-refractivity contribution in [2.75, 3.05) is 66.2 Å². The van der Waals surface area contributed by atoms with Crippen LogP contribution < -0.4 is 10.6 Å². The third-order valence-corrected chi connectivity index (χ3v) is 5.99. The van der Waals surface area contributed by atoms with Crippen molar-refractivity contribution in [1.29, 1.82) is 0 Å². The zero-order chi connectivity index (χ0) is 20.2. The molecular formula is C22H39IN4O3. The standard InChI is InChI=1S/C22H38N4O3.HI/c1-27-15-11-24-21(23-10-7-20-6-5-14-29-20)25-18-22(8-3-2-4-9-22)19-26-12-16-28-17-13-26;/h5-6,14H,2-4,7-13,15-19H2,1H3,(H2,23,24,25);1H. The summed E-state index contributed by atoms with van der Waals surface area (Å²) in [6, 6.07) is 3.94. The van der Waals surface area contributed by atoms with E-state index in [2.05, 4.69) is 15.5 Å². The highest BCUT2D eigenvalue weighted by molar-refractivity contribution is 14.0. The van der Waals surface area contributed by atoms with Crippen LogP contribution in [0, 0.1) is 5.41 Å². The van der Waals surface area contributed by atoms with E-state index in [9.17, 15) is 0 Å². The third kappa shape index (κ3) is 8.72. The number of rotatable bonds is 10. The normalized spacial score (nSPS) is 19.8. The number of aliphatic imine (C=N–C) groups is 1. The largest absolute Gasteiger partial charge is 0.469 e. The summed E-state index contributed by atoms with van der Waals surface area (Å²) in [5.74, 6) is 1.87. The van der Waals surface area contributed by atoms with Gasteiger partial charge in [-0.2, -0.15) is 0 Å². The molecule has 2 N–H and O–H groups in total. The van der Waals surface area contributed by atoms with Crippen molar-refractivity contribution < 1.29 is 13.9 Å². The first-order valence-corrected chi connectivity index (χ1v) is 11.1. The molecule has 2 aliphatic rings. The average Bonchev–Trinajstić information content (AvgIpc) is 3.27. The fourth-order valence-electron chi connectivity index (χ4n) is 4.35. The van der Waals surface area contributed by atoms with Gasteiger partial charge in [-0.05, 0) is 25.0 Å². The molecule has 0 amide bonds. The topological polar surface area (TPSA) is 71.3 Å². The molecule has 0 radical (unpaired) electrons. The Kier molecular flexibility index (Phi) is 12.1. The predicted octanol–water partition coefficient (Wildman–Crippen LogP) is 2.90. The Bertz CT molecular complexity index is 585. The molecule has 0 unspecified atom stereocenters. The summed E-state index contributed by atoms with van der Waals surface area (Å²) < 4.78 is 16.2. The Labute approximate surface area is 198 Å². The van der Waals surface area contributed by atoms with Crippen LogP contribution in [0.15, 0.2) is 27.8 Å². The first-order valence-electron chi connectivity index (χ1n) is 11.1. The van der Waals surface area contributed by atoms with Crippen molar-refractivity contribution in [1.82, 2.24) is 15.5 Å². The molecule has 1 aromatic heterocycles. The van der Waals surface area contributed by atoms with Gasteiger partial charge in [0.1, 0.15) is 5.76 Å². The minimum Gasteiger partial charge on any atom is -0.469 e. The van der Waals surface area contributed by atoms with Gasteiger partial charge in [-0.15, -0.1) is 24.0 Å². The van der Waals surface area contributed by atoms with Crippen LogP contribution >= 0.6 is 24.0 Å². The van der Waals surface area contributed by atoms with Gasteiger partial charge in [0, 0.05) is 58.2 Å². The van der Waals surface area contributed by atoms with Crippen LogP contribution in [0.25, 0.3) is 0 Å². The second-order valence-corrected chi connectivity index (χ2v) is 8.29. The molecule has 30 heavy (non-hydrogen) atoms. The smallest absolute Gasteiger partial charge is 0.191 e. The van der Waals surface area contributed by atoms with Crippen molar-refractivity contribution in [3.63, 3.8) is 0 Å². The van der Waals surface area contributed by atoms with Gasteiger partial charge in [0.15, 0.2) is 5.96 Å². The summed E-state index contributed by atoms with van der Waals surface area (Å²) in [4.78, 5) is 7.60. The van der Waals surface area contributed by atoms with Crippen molar-refractivity contribution in [3.8, 4) is 0 Å². The van der Waals surface area contributed by atoms with E-state index < -0.39 is 0 Å².